The second kappa shape index (κ2) is 7.22. The highest BCUT2D eigenvalue weighted by molar-refractivity contribution is 7.98. The molecule has 1 atom stereocenters. The average molecular weight is 353 g/mol. The first-order chi connectivity index (χ1) is 12.2. The number of thioether (sulfide) groups is 1. The van der Waals surface area contributed by atoms with Gasteiger partial charge in [-0.15, -0.1) is 11.8 Å². The number of piperazine rings is 1. The molecule has 0 bridgehead atoms. The molecule has 4 heteroatoms. The van der Waals surface area contributed by atoms with Gasteiger partial charge in [0.1, 0.15) is 0 Å². The van der Waals surface area contributed by atoms with E-state index in [1.807, 2.05) is 16.7 Å². The predicted molar refractivity (Wildman–Crippen MR) is 103 cm³/mol. The maximum atomic E-state index is 13.0. The molecule has 130 valence electrons. The Hall–Kier alpha value is -1.78. The second-order valence-electron chi connectivity index (χ2n) is 6.97. The first kappa shape index (κ1) is 16.7. The Morgan fingerprint density at radius 3 is 2.48 bits per heavy atom. The van der Waals surface area contributed by atoms with E-state index in [1.54, 1.807) is 0 Å². The van der Waals surface area contributed by atoms with Crippen molar-refractivity contribution >= 4 is 17.7 Å². The van der Waals surface area contributed by atoms with Crippen LogP contribution in [0.15, 0.2) is 53.4 Å². The zero-order valence-corrected chi connectivity index (χ0v) is 15.5. The van der Waals surface area contributed by atoms with Crippen LogP contribution in [0.5, 0.6) is 0 Å². The number of nitrogens with zero attached hydrogens (tertiary/aromatic N) is 2. The molecule has 1 unspecified atom stereocenters. The highest BCUT2D eigenvalue weighted by Crippen LogP contribution is 2.42. The standard InChI is InChI=1S/C21H24N2OS/c1-22-10-12-23(13-11-22)21(24)14-19-17-7-3-2-6-16(17)15-25-20-9-5-4-8-18(19)20/h2-9,19H,10-15H2,1H3. The molecular weight excluding hydrogens is 328 g/mol. The van der Waals surface area contributed by atoms with Gasteiger partial charge in [-0.3, -0.25) is 4.79 Å². The molecule has 4 rings (SSSR count). The fourth-order valence-corrected chi connectivity index (χ4v) is 4.93. The van der Waals surface area contributed by atoms with E-state index in [0.29, 0.717) is 6.42 Å². The number of carbonyl (C=O) groups is 1. The number of hydrogen-bond acceptors (Lipinski definition) is 3. The third-order valence-electron chi connectivity index (χ3n) is 5.34. The predicted octanol–water partition coefficient (Wildman–Crippen LogP) is 3.59. The zero-order chi connectivity index (χ0) is 17.2. The van der Waals surface area contributed by atoms with Crippen LogP contribution in [0.2, 0.25) is 0 Å². The minimum absolute atomic E-state index is 0.162. The van der Waals surface area contributed by atoms with Gasteiger partial charge in [0.15, 0.2) is 0 Å². The molecule has 0 spiro atoms. The summed E-state index contributed by atoms with van der Waals surface area (Å²) in [5.74, 6) is 1.43. The van der Waals surface area contributed by atoms with Crippen molar-refractivity contribution < 1.29 is 4.79 Å². The van der Waals surface area contributed by atoms with E-state index >= 15 is 0 Å². The first-order valence-electron chi connectivity index (χ1n) is 8.98. The summed E-state index contributed by atoms with van der Waals surface area (Å²) >= 11 is 1.89. The van der Waals surface area contributed by atoms with Gasteiger partial charge in [0, 0.05) is 49.2 Å². The SMILES string of the molecule is CN1CCN(C(=O)CC2c3ccccc3CSc3ccccc32)CC1. The molecule has 25 heavy (non-hydrogen) atoms. The summed E-state index contributed by atoms with van der Waals surface area (Å²) in [5.41, 5.74) is 3.99. The Labute approximate surface area is 154 Å². The van der Waals surface area contributed by atoms with Crippen LogP contribution in [-0.4, -0.2) is 48.9 Å². The number of fused-ring (bicyclic) bond motifs is 2. The van der Waals surface area contributed by atoms with Gasteiger partial charge in [0.2, 0.25) is 5.91 Å². The van der Waals surface area contributed by atoms with Crippen LogP contribution in [0.25, 0.3) is 0 Å². The van der Waals surface area contributed by atoms with Crippen molar-refractivity contribution in [3.8, 4) is 0 Å². The normalized spacial score (nSPS) is 20.5. The van der Waals surface area contributed by atoms with E-state index in [1.165, 1.54) is 21.6 Å². The highest BCUT2D eigenvalue weighted by Gasteiger charge is 2.28. The van der Waals surface area contributed by atoms with Crippen LogP contribution in [0.4, 0.5) is 0 Å². The van der Waals surface area contributed by atoms with Gasteiger partial charge in [-0.25, -0.2) is 0 Å². The fourth-order valence-electron chi connectivity index (χ4n) is 3.81. The highest BCUT2D eigenvalue weighted by atomic mass is 32.2. The van der Waals surface area contributed by atoms with Crippen molar-refractivity contribution in [2.45, 2.75) is 23.0 Å². The van der Waals surface area contributed by atoms with Crippen molar-refractivity contribution in [1.29, 1.82) is 0 Å². The number of carbonyl (C=O) groups excluding carboxylic acids is 1. The largest absolute Gasteiger partial charge is 0.340 e. The van der Waals surface area contributed by atoms with Crippen LogP contribution >= 0.6 is 11.8 Å². The second-order valence-corrected chi connectivity index (χ2v) is 7.98. The monoisotopic (exact) mass is 352 g/mol. The molecule has 2 aromatic carbocycles. The summed E-state index contributed by atoms with van der Waals surface area (Å²) < 4.78 is 0. The fraction of sp³-hybridized carbons (Fsp3) is 0.381. The van der Waals surface area contributed by atoms with E-state index in [9.17, 15) is 4.79 Å². The van der Waals surface area contributed by atoms with Gasteiger partial charge < -0.3 is 9.80 Å². The Balaban J connectivity index is 1.64. The molecule has 2 aliphatic heterocycles. The third-order valence-corrected chi connectivity index (χ3v) is 6.48. The molecule has 0 aliphatic carbocycles. The van der Waals surface area contributed by atoms with Gasteiger partial charge in [0.25, 0.3) is 0 Å². The molecular formula is C21H24N2OS. The molecule has 2 aromatic rings. The molecule has 1 amide bonds. The molecule has 0 radical (unpaired) electrons. The lowest BCUT2D eigenvalue weighted by Crippen LogP contribution is -2.47. The van der Waals surface area contributed by atoms with Crippen molar-refractivity contribution in [2.24, 2.45) is 0 Å². The number of hydrogen-bond donors (Lipinski definition) is 0. The van der Waals surface area contributed by atoms with Gasteiger partial charge in [-0.2, -0.15) is 0 Å². The molecule has 2 heterocycles. The smallest absolute Gasteiger partial charge is 0.223 e. The quantitative estimate of drug-likeness (QED) is 0.825. The lowest BCUT2D eigenvalue weighted by molar-refractivity contribution is -0.133. The van der Waals surface area contributed by atoms with Crippen molar-refractivity contribution in [1.82, 2.24) is 9.80 Å². The Morgan fingerprint density at radius 1 is 1.00 bits per heavy atom. The maximum absolute atomic E-state index is 13.0. The molecule has 1 saturated heterocycles. The number of benzene rings is 2. The van der Waals surface area contributed by atoms with E-state index < -0.39 is 0 Å². The summed E-state index contributed by atoms with van der Waals surface area (Å²) in [6, 6.07) is 17.2. The third kappa shape index (κ3) is 3.46. The summed E-state index contributed by atoms with van der Waals surface area (Å²) in [7, 11) is 2.12. The topological polar surface area (TPSA) is 23.6 Å². The molecule has 2 aliphatic rings. The molecule has 0 saturated carbocycles. The Kier molecular flexibility index (Phi) is 4.82. The van der Waals surface area contributed by atoms with E-state index in [2.05, 4.69) is 60.5 Å². The van der Waals surface area contributed by atoms with Gasteiger partial charge in [-0.05, 0) is 29.8 Å². The summed E-state index contributed by atoms with van der Waals surface area (Å²) in [4.78, 5) is 18.7. The van der Waals surface area contributed by atoms with Gasteiger partial charge in [-0.1, -0.05) is 42.5 Å². The van der Waals surface area contributed by atoms with E-state index in [0.717, 1.165) is 31.9 Å². The van der Waals surface area contributed by atoms with Crippen LogP contribution in [0, 0.1) is 0 Å². The first-order valence-corrected chi connectivity index (χ1v) is 9.97. The number of amides is 1. The number of likely N-dealkylation sites (N-methyl/N-ethyl adjacent to an activating group) is 1. The van der Waals surface area contributed by atoms with Crippen LogP contribution in [0.1, 0.15) is 29.0 Å². The summed E-state index contributed by atoms with van der Waals surface area (Å²) in [5, 5.41) is 0. The van der Waals surface area contributed by atoms with Gasteiger partial charge >= 0.3 is 0 Å². The average Bonchev–Trinajstić information content (AvgIpc) is 2.80. The summed E-state index contributed by atoms with van der Waals surface area (Å²) in [6.45, 7) is 3.64. The Bertz CT molecular complexity index is 720. The van der Waals surface area contributed by atoms with Crippen LogP contribution < -0.4 is 0 Å². The lowest BCUT2D eigenvalue weighted by atomic mass is 9.85. The van der Waals surface area contributed by atoms with E-state index in [4.69, 9.17) is 0 Å². The summed E-state index contributed by atoms with van der Waals surface area (Å²) in [6.07, 6.45) is 0.568. The minimum atomic E-state index is 0.162. The molecule has 0 N–H and O–H groups in total. The van der Waals surface area contributed by atoms with Crippen molar-refractivity contribution in [2.75, 3.05) is 33.2 Å². The molecule has 3 nitrogen and oxygen atoms in total. The van der Waals surface area contributed by atoms with Crippen molar-refractivity contribution in [3.05, 3.63) is 65.2 Å². The van der Waals surface area contributed by atoms with Crippen LogP contribution in [-0.2, 0) is 10.5 Å². The molecule has 1 fully saturated rings. The Morgan fingerprint density at radius 2 is 1.68 bits per heavy atom. The van der Waals surface area contributed by atoms with Crippen LogP contribution in [0.3, 0.4) is 0 Å². The molecule has 0 aromatic heterocycles. The number of rotatable bonds is 2. The maximum Gasteiger partial charge on any atom is 0.223 e. The van der Waals surface area contributed by atoms with Gasteiger partial charge in [0.05, 0.1) is 0 Å². The lowest BCUT2D eigenvalue weighted by Gasteiger charge is -2.33. The minimum Gasteiger partial charge on any atom is -0.340 e. The van der Waals surface area contributed by atoms with Crippen molar-refractivity contribution in [3.63, 3.8) is 0 Å². The zero-order valence-electron chi connectivity index (χ0n) is 14.6. The van der Waals surface area contributed by atoms with E-state index in [-0.39, 0.29) is 11.8 Å².